The Balaban J connectivity index is 2.94. The first-order chi connectivity index (χ1) is 7.38. The maximum Gasteiger partial charge on any atom is 0.147 e. The van der Waals surface area contributed by atoms with Crippen molar-refractivity contribution in [3.63, 3.8) is 0 Å². The number of nitrogen functional groups attached to an aromatic ring is 1. The summed E-state index contributed by atoms with van der Waals surface area (Å²) in [4.78, 5) is 10.4. The van der Waals surface area contributed by atoms with Gasteiger partial charge in [-0.1, -0.05) is 6.92 Å². The van der Waals surface area contributed by atoms with Crippen LogP contribution in [-0.4, -0.2) is 28.4 Å². The largest absolute Gasteiger partial charge is 0.382 e. The van der Waals surface area contributed by atoms with Gasteiger partial charge in [-0.3, -0.25) is 5.41 Å². The first-order valence-corrected chi connectivity index (χ1v) is 5.28. The van der Waals surface area contributed by atoms with Crippen molar-refractivity contribution < 1.29 is 0 Å². The smallest absolute Gasteiger partial charge is 0.147 e. The molecule has 5 nitrogen and oxygen atoms in total. The van der Waals surface area contributed by atoms with E-state index in [4.69, 9.17) is 11.1 Å². The summed E-state index contributed by atoms with van der Waals surface area (Å²) in [5.74, 6) is 0.730. The molecule has 1 aromatic heterocycles. The molecule has 0 fully saturated rings. The highest BCUT2D eigenvalue weighted by Crippen LogP contribution is 2.21. The average molecular weight is 221 g/mol. The number of nitrogens with zero attached hydrogens (tertiary/aromatic N) is 3. The minimum absolute atomic E-state index is 0.0341. The molecule has 0 aromatic carbocycles. The number of aromatic nitrogens is 2. The van der Waals surface area contributed by atoms with Gasteiger partial charge in [0.05, 0.1) is 12.4 Å². The Morgan fingerprint density at radius 1 is 1.44 bits per heavy atom. The number of hydrogen-bond acceptors (Lipinski definition) is 4. The minimum Gasteiger partial charge on any atom is -0.382 e. The maximum absolute atomic E-state index is 7.23. The average Bonchev–Trinajstić information content (AvgIpc) is 2.28. The summed E-state index contributed by atoms with van der Waals surface area (Å²) in [7, 11) is 1.99. The Bertz CT molecular complexity index is 368. The van der Waals surface area contributed by atoms with Crippen molar-refractivity contribution in [2.45, 2.75) is 32.7 Å². The van der Waals surface area contributed by atoms with Crippen molar-refractivity contribution in [3.8, 4) is 0 Å². The molecule has 1 heterocycles. The molecule has 0 radical (unpaired) electrons. The fraction of sp³-hybridized carbons (Fsp3) is 0.545. The zero-order valence-corrected chi connectivity index (χ0v) is 10.3. The van der Waals surface area contributed by atoms with E-state index in [0.29, 0.717) is 5.69 Å². The van der Waals surface area contributed by atoms with Gasteiger partial charge in [-0.15, -0.1) is 0 Å². The third-order valence-corrected chi connectivity index (χ3v) is 3.03. The number of nitrogens with two attached hydrogens (primary N) is 1. The lowest BCUT2D eigenvalue weighted by Crippen LogP contribution is -2.41. The highest BCUT2D eigenvalue weighted by molar-refractivity contribution is 5.92. The number of nitrogens with one attached hydrogen (secondary N) is 1. The van der Waals surface area contributed by atoms with Gasteiger partial charge >= 0.3 is 0 Å². The summed E-state index contributed by atoms with van der Waals surface area (Å²) in [6.45, 7) is 6.43. The third kappa shape index (κ3) is 2.48. The molecule has 0 aliphatic heterocycles. The van der Waals surface area contributed by atoms with Crippen LogP contribution >= 0.6 is 0 Å². The molecule has 0 saturated carbocycles. The monoisotopic (exact) mass is 221 g/mol. The lowest BCUT2D eigenvalue weighted by Gasteiger charge is -2.35. The molecule has 5 heteroatoms. The molecule has 0 atom stereocenters. The van der Waals surface area contributed by atoms with Crippen molar-refractivity contribution >= 4 is 11.7 Å². The summed E-state index contributed by atoms with van der Waals surface area (Å²) < 4.78 is 0. The second-order valence-corrected chi connectivity index (χ2v) is 4.40. The van der Waals surface area contributed by atoms with E-state index in [-0.39, 0.29) is 11.4 Å². The van der Waals surface area contributed by atoms with E-state index in [1.54, 1.807) is 6.20 Å². The Morgan fingerprint density at radius 2 is 2.06 bits per heavy atom. The van der Waals surface area contributed by atoms with E-state index >= 15 is 0 Å². The molecule has 0 saturated heterocycles. The van der Waals surface area contributed by atoms with E-state index in [1.165, 1.54) is 6.20 Å². The molecule has 0 unspecified atom stereocenters. The third-order valence-electron chi connectivity index (χ3n) is 3.03. The zero-order valence-electron chi connectivity index (χ0n) is 10.3. The SMILES string of the molecule is CCC(C)(C)N(C)c1cnc(C(=N)N)cn1. The molecule has 1 aromatic rings. The van der Waals surface area contributed by atoms with Gasteiger partial charge in [-0.2, -0.15) is 0 Å². The molecule has 0 aliphatic rings. The number of hydrogen-bond donors (Lipinski definition) is 2. The number of rotatable bonds is 4. The fourth-order valence-corrected chi connectivity index (χ4v) is 1.18. The predicted octanol–water partition coefficient (Wildman–Crippen LogP) is 1.39. The van der Waals surface area contributed by atoms with Gasteiger partial charge in [0.2, 0.25) is 0 Å². The van der Waals surface area contributed by atoms with E-state index in [2.05, 4.69) is 35.6 Å². The highest BCUT2D eigenvalue weighted by atomic mass is 15.2. The summed E-state index contributed by atoms with van der Waals surface area (Å²) in [6, 6.07) is 0. The summed E-state index contributed by atoms with van der Waals surface area (Å²) >= 11 is 0. The van der Waals surface area contributed by atoms with Crippen molar-refractivity contribution in [2.24, 2.45) is 5.73 Å². The Kier molecular flexibility index (Phi) is 3.47. The minimum atomic E-state index is -0.0588. The van der Waals surface area contributed by atoms with Crippen molar-refractivity contribution in [2.75, 3.05) is 11.9 Å². The summed E-state index contributed by atoms with van der Waals surface area (Å²) in [6.07, 6.45) is 4.19. The summed E-state index contributed by atoms with van der Waals surface area (Å²) in [5.41, 5.74) is 5.76. The molecule has 1 rings (SSSR count). The van der Waals surface area contributed by atoms with Crippen molar-refractivity contribution in [1.82, 2.24) is 9.97 Å². The van der Waals surface area contributed by atoms with Crippen LogP contribution in [0.3, 0.4) is 0 Å². The Labute approximate surface area is 96.2 Å². The number of amidine groups is 1. The predicted molar refractivity (Wildman–Crippen MR) is 65.8 cm³/mol. The van der Waals surface area contributed by atoms with Crippen LogP contribution in [0.1, 0.15) is 32.9 Å². The molecule has 0 amide bonds. The molecule has 0 spiro atoms. The van der Waals surface area contributed by atoms with Crippen LogP contribution in [0.4, 0.5) is 5.82 Å². The normalized spacial score (nSPS) is 11.2. The van der Waals surface area contributed by atoms with E-state index in [0.717, 1.165) is 12.2 Å². The molecular formula is C11H19N5. The van der Waals surface area contributed by atoms with Crippen LogP contribution in [0.2, 0.25) is 0 Å². The zero-order chi connectivity index (χ0) is 12.3. The van der Waals surface area contributed by atoms with Gasteiger partial charge in [-0.05, 0) is 20.3 Å². The fourth-order valence-electron chi connectivity index (χ4n) is 1.18. The van der Waals surface area contributed by atoms with Gasteiger partial charge in [0, 0.05) is 12.6 Å². The van der Waals surface area contributed by atoms with Crippen LogP contribution < -0.4 is 10.6 Å². The maximum atomic E-state index is 7.23. The van der Waals surface area contributed by atoms with Crippen molar-refractivity contribution in [1.29, 1.82) is 5.41 Å². The number of anilines is 1. The molecular weight excluding hydrogens is 202 g/mol. The van der Waals surface area contributed by atoms with E-state index in [1.807, 2.05) is 7.05 Å². The first kappa shape index (κ1) is 12.4. The molecule has 0 bridgehead atoms. The Hall–Kier alpha value is -1.65. The van der Waals surface area contributed by atoms with Crippen LogP contribution in [0, 0.1) is 5.41 Å². The lowest BCUT2D eigenvalue weighted by atomic mass is 10.0. The topological polar surface area (TPSA) is 78.9 Å². The van der Waals surface area contributed by atoms with Crippen LogP contribution in [0.25, 0.3) is 0 Å². The van der Waals surface area contributed by atoms with Gasteiger partial charge in [-0.25, -0.2) is 9.97 Å². The lowest BCUT2D eigenvalue weighted by molar-refractivity contribution is 0.467. The Morgan fingerprint density at radius 3 is 2.44 bits per heavy atom. The highest BCUT2D eigenvalue weighted by Gasteiger charge is 2.22. The second-order valence-electron chi connectivity index (χ2n) is 4.40. The molecule has 16 heavy (non-hydrogen) atoms. The quantitative estimate of drug-likeness (QED) is 0.594. The van der Waals surface area contributed by atoms with Gasteiger partial charge in [0.15, 0.2) is 0 Å². The van der Waals surface area contributed by atoms with Crippen LogP contribution in [-0.2, 0) is 0 Å². The second kappa shape index (κ2) is 4.47. The van der Waals surface area contributed by atoms with Gasteiger partial charge < -0.3 is 10.6 Å². The van der Waals surface area contributed by atoms with Crippen LogP contribution in [0.15, 0.2) is 12.4 Å². The molecule has 3 N–H and O–H groups in total. The van der Waals surface area contributed by atoms with E-state index in [9.17, 15) is 0 Å². The summed E-state index contributed by atoms with van der Waals surface area (Å²) in [5, 5.41) is 7.23. The standard InChI is InChI=1S/C11H19N5/c1-5-11(2,3)16(4)9-7-14-8(6-15-9)10(12)13/h6-7H,5H2,1-4H3,(H3,12,13). The van der Waals surface area contributed by atoms with Crippen LogP contribution in [0.5, 0.6) is 0 Å². The molecule has 88 valence electrons. The van der Waals surface area contributed by atoms with Gasteiger partial charge in [0.25, 0.3) is 0 Å². The van der Waals surface area contributed by atoms with E-state index < -0.39 is 0 Å². The molecule has 0 aliphatic carbocycles. The van der Waals surface area contributed by atoms with Gasteiger partial charge in [0.1, 0.15) is 17.3 Å². The first-order valence-electron chi connectivity index (χ1n) is 5.28. The van der Waals surface area contributed by atoms with Crippen molar-refractivity contribution in [3.05, 3.63) is 18.1 Å².